The molecular weight excluding hydrogens is 543 g/mol. The maximum Gasteiger partial charge on any atom is 0.246 e. The molecule has 228 valence electrons. The van der Waals surface area contributed by atoms with E-state index in [2.05, 4.69) is 89.6 Å². The summed E-state index contributed by atoms with van der Waals surface area (Å²) >= 11 is 0. The molecule has 0 aromatic carbocycles. The lowest BCUT2D eigenvalue weighted by Gasteiger charge is -2.41. The number of nitrogens with zero attached hydrogens (tertiary/aromatic N) is 4. The lowest BCUT2D eigenvalue weighted by atomic mass is 10.1. The third-order valence-corrected chi connectivity index (χ3v) is 17.8. The van der Waals surface area contributed by atoms with Crippen molar-refractivity contribution in [2.45, 2.75) is 129 Å². The molecule has 1 aliphatic heterocycles. The second kappa shape index (κ2) is 12.3. The lowest BCUT2D eigenvalue weighted by molar-refractivity contribution is -0.0701. The third kappa shape index (κ3) is 7.07. The Morgan fingerprint density at radius 3 is 2.20 bits per heavy atom. The molecule has 1 aliphatic rings. The Balaban J connectivity index is 2.07. The Kier molecular flexibility index (Phi) is 10.2. The van der Waals surface area contributed by atoms with Crippen LogP contribution < -0.4 is 10.5 Å². The van der Waals surface area contributed by atoms with Gasteiger partial charge in [0.05, 0.1) is 20.0 Å². The van der Waals surface area contributed by atoms with Crippen molar-refractivity contribution in [2.24, 2.45) is 0 Å². The number of aromatic nitrogens is 4. The molecule has 0 bridgehead atoms. The summed E-state index contributed by atoms with van der Waals surface area (Å²) in [6.07, 6.45) is 3.30. The molecule has 40 heavy (non-hydrogen) atoms. The van der Waals surface area contributed by atoms with E-state index in [4.69, 9.17) is 28.8 Å². The van der Waals surface area contributed by atoms with Gasteiger partial charge in [0.1, 0.15) is 18.3 Å². The second-order valence-corrected chi connectivity index (χ2v) is 23.5. The molecule has 0 unspecified atom stereocenters. The summed E-state index contributed by atoms with van der Waals surface area (Å²) < 4.78 is 34.6. The maximum absolute atomic E-state index is 7.11. The second-order valence-electron chi connectivity index (χ2n) is 13.9. The molecule has 1 saturated heterocycles. The van der Waals surface area contributed by atoms with Crippen LogP contribution in [0.4, 0.5) is 5.95 Å². The molecule has 0 amide bonds. The van der Waals surface area contributed by atoms with E-state index >= 15 is 0 Å². The highest BCUT2D eigenvalue weighted by Gasteiger charge is 2.52. The molecule has 0 radical (unpaired) electrons. The van der Waals surface area contributed by atoms with Crippen molar-refractivity contribution >= 4 is 33.7 Å². The topological polar surface area (TPSA) is 116 Å². The number of hydrogen-bond donors (Lipinski definition) is 1. The van der Waals surface area contributed by atoms with E-state index in [1.165, 1.54) is 0 Å². The first-order valence-electron chi connectivity index (χ1n) is 14.6. The predicted octanol–water partition coefficient (Wildman–Crippen LogP) is 6.30. The molecule has 2 aromatic heterocycles. The quantitative estimate of drug-likeness (QED) is 0.223. The van der Waals surface area contributed by atoms with Gasteiger partial charge in [0, 0.05) is 6.61 Å². The number of fused-ring (bicyclic) bond motifs is 1. The molecule has 0 saturated carbocycles. The van der Waals surface area contributed by atoms with Gasteiger partial charge >= 0.3 is 0 Å². The Hall–Kier alpha value is -1.58. The first-order valence-corrected chi connectivity index (χ1v) is 20.4. The summed E-state index contributed by atoms with van der Waals surface area (Å²) in [6, 6.07) is 0. The summed E-state index contributed by atoms with van der Waals surface area (Å²) in [4.78, 5) is 13.3. The van der Waals surface area contributed by atoms with Gasteiger partial charge in [0.15, 0.2) is 34.0 Å². The van der Waals surface area contributed by atoms with Crippen LogP contribution in [0.15, 0.2) is 6.33 Å². The average molecular weight is 596 g/mol. The molecule has 0 aliphatic carbocycles. The van der Waals surface area contributed by atoms with Crippen molar-refractivity contribution in [3.63, 3.8) is 0 Å². The van der Waals surface area contributed by atoms with E-state index in [1.807, 2.05) is 4.57 Å². The highest BCUT2D eigenvalue weighted by atomic mass is 28.4. The van der Waals surface area contributed by atoms with Crippen molar-refractivity contribution in [3.8, 4) is 5.88 Å². The van der Waals surface area contributed by atoms with E-state index in [0.717, 1.165) is 19.3 Å². The number of methoxy groups -OCH3 is 1. The van der Waals surface area contributed by atoms with Crippen LogP contribution in [-0.4, -0.2) is 74.8 Å². The smallest absolute Gasteiger partial charge is 0.246 e. The standard InChI is InChI=1S/C28H53N5O5Si2/c1-13-14-15-16-35-22-21(38-40(11,12)28(5,6)7)19(17-36-39(9,10)27(2,3)4)37-25(22)33-18-30-20-23(33)31-26(29)32-24(20)34-8/h18-19,21-22,25H,13-17H2,1-12H3,(H2,29,31,32)/t19-,21-,22+,25-/m1/s1. The lowest BCUT2D eigenvalue weighted by Crippen LogP contribution is -2.51. The summed E-state index contributed by atoms with van der Waals surface area (Å²) in [5, 5.41) is 0.0851. The van der Waals surface area contributed by atoms with Crippen molar-refractivity contribution < 1.29 is 23.1 Å². The van der Waals surface area contributed by atoms with Crippen LogP contribution in [0.1, 0.15) is 74.0 Å². The molecule has 2 N–H and O–H groups in total. The maximum atomic E-state index is 7.11. The molecule has 2 aromatic rings. The van der Waals surface area contributed by atoms with Crippen LogP contribution in [-0.2, 0) is 18.3 Å². The minimum atomic E-state index is -2.21. The summed E-state index contributed by atoms with van der Waals surface area (Å²) in [7, 11) is -2.71. The van der Waals surface area contributed by atoms with Crippen LogP contribution in [0.3, 0.4) is 0 Å². The molecule has 4 atom stereocenters. The summed E-state index contributed by atoms with van der Waals surface area (Å²) in [5.41, 5.74) is 7.10. The Morgan fingerprint density at radius 2 is 1.62 bits per heavy atom. The normalized spacial score (nSPS) is 22.8. The fraction of sp³-hybridized carbons (Fsp3) is 0.821. The van der Waals surface area contributed by atoms with Crippen LogP contribution in [0, 0.1) is 0 Å². The van der Waals surface area contributed by atoms with Gasteiger partial charge in [-0.25, -0.2) is 4.98 Å². The molecule has 0 spiro atoms. The molecule has 10 nitrogen and oxygen atoms in total. The monoisotopic (exact) mass is 595 g/mol. The number of nitrogens with two attached hydrogens (primary N) is 1. The van der Waals surface area contributed by atoms with Crippen molar-refractivity contribution in [3.05, 3.63) is 6.33 Å². The molecule has 1 fully saturated rings. The van der Waals surface area contributed by atoms with Gasteiger partial charge in [0.2, 0.25) is 11.8 Å². The van der Waals surface area contributed by atoms with Crippen molar-refractivity contribution in [1.29, 1.82) is 0 Å². The Morgan fingerprint density at radius 1 is 0.975 bits per heavy atom. The van der Waals surface area contributed by atoms with Gasteiger partial charge in [0.25, 0.3) is 0 Å². The van der Waals surface area contributed by atoms with Gasteiger partial charge in [-0.05, 0) is 42.7 Å². The molecule has 12 heteroatoms. The van der Waals surface area contributed by atoms with Crippen LogP contribution in [0.2, 0.25) is 36.3 Å². The van der Waals surface area contributed by atoms with Crippen molar-refractivity contribution in [2.75, 3.05) is 26.1 Å². The zero-order valence-electron chi connectivity index (χ0n) is 26.8. The Labute approximate surface area is 242 Å². The summed E-state index contributed by atoms with van der Waals surface area (Å²) in [5.74, 6) is 0.433. The third-order valence-electron chi connectivity index (χ3n) is 8.87. The number of anilines is 1. The number of nitrogen functional groups attached to an aromatic ring is 1. The first-order chi connectivity index (χ1) is 18.4. The van der Waals surface area contributed by atoms with Gasteiger partial charge in [-0.2, -0.15) is 9.97 Å². The van der Waals surface area contributed by atoms with Gasteiger partial charge in [-0.1, -0.05) is 61.3 Å². The zero-order chi connectivity index (χ0) is 30.1. The van der Waals surface area contributed by atoms with Crippen molar-refractivity contribution in [1.82, 2.24) is 19.5 Å². The number of hydrogen-bond acceptors (Lipinski definition) is 9. The van der Waals surface area contributed by atoms with Gasteiger partial charge < -0.3 is 28.8 Å². The number of ether oxygens (including phenoxy) is 3. The van der Waals surface area contributed by atoms with E-state index in [9.17, 15) is 0 Å². The predicted molar refractivity (Wildman–Crippen MR) is 165 cm³/mol. The van der Waals surface area contributed by atoms with Crippen LogP contribution in [0.5, 0.6) is 5.88 Å². The molecular formula is C28H53N5O5Si2. The van der Waals surface area contributed by atoms with E-state index < -0.39 is 29.0 Å². The van der Waals surface area contributed by atoms with E-state index in [1.54, 1.807) is 13.4 Å². The van der Waals surface area contributed by atoms with Crippen LogP contribution in [0.25, 0.3) is 11.2 Å². The fourth-order valence-electron chi connectivity index (χ4n) is 4.22. The zero-order valence-corrected chi connectivity index (χ0v) is 28.8. The Bertz CT molecular complexity index is 1130. The molecule has 3 rings (SSSR count). The first kappa shape index (κ1) is 32.9. The van der Waals surface area contributed by atoms with E-state index in [0.29, 0.717) is 30.3 Å². The fourth-order valence-corrected chi connectivity index (χ4v) is 6.55. The number of unbranched alkanes of at least 4 members (excludes halogenated alkanes) is 2. The molecule has 3 heterocycles. The number of rotatable bonds is 12. The average Bonchev–Trinajstić information content (AvgIpc) is 3.39. The largest absolute Gasteiger partial charge is 0.479 e. The van der Waals surface area contributed by atoms with Gasteiger partial charge in [-0.3, -0.25) is 4.57 Å². The minimum Gasteiger partial charge on any atom is -0.479 e. The highest BCUT2D eigenvalue weighted by molar-refractivity contribution is 6.74. The van der Waals surface area contributed by atoms with Crippen LogP contribution >= 0.6 is 0 Å². The van der Waals surface area contributed by atoms with E-state index in [-0.39, 0.29) is 28.2 Å². The minimum absolute atomic E-state index is 0.0133. The number of imidazole rings is 1. The van der Waals surface area contributed by atoms with Gasteiger partial charge in [-0.15, -0.1) is 0 Å². The SMILES string of the molecule is CCCCCO[C@H]1[C@H](O[Si](C)(C)C(C)(C)C)[C@@H](CO[Si](C)(C)C(C)(C)C)O[C@H]1n1cnc2c(OC)nc(N)nc21. The summed E-state index contributed by atoms with van der Waals surface area (Å²) in [6.45, 7) is 25.8. The highest BCUT2D eigenvalue weighted by Crippen LogP contribution is 2.44.